The monoisotopic (exact) mass is 325 g/mol. The van der Waals surface area contributed by atoms with Crippen LogP contribution in [0.4, 0.5) is 5.69 Å². The van der Waals surface area contributed by atoms with Crippen molar-refractivity contribution in [2.75, 3.05) is 18.6 Å². The van der Waals surface area contributed by atoms with Crippen molar-refractivity contribution in [2.24, 2.45) is 5.14 Å². The number of hydrogen-bond acceptors (Lipinski definition) is 8. The molecular weight excluding hydrogens is 314 g/mol. The predicted octanol–water partition coefficient (Wildman–Crippen LogP) is -0.939. The van der Waals surface area contributed by atoms with E-state index in [1.165, 1.54) is 7.11 Å². The highest BCUT2D eigenvalue weighted by Crippen LogP contribution is 2.25. The van der Waals surface area contributed by atoms with Crippen molar-refractivity contribution in [2.45, 2.75) is 5.03 Å². The molecule has 0 radical (unpaired) electrons. The van der Waals surface area contributed by atoms with Crippen LogP contribution in [0.2, 0.25) is 0 Å². The van der Waals surface area contributed by atoms with Gasteiger partial charge >= 0.3 is 5.69 Å². The third-order valence-corrected chi connectivity index (χ3v) is 4.81. The number of nitrogens with two attached hydrogens (primary N) is 1. The van der Waals surface area contributed by atoms with Crippen molar-refractivity contribution in [3.63, 3.8) is 0 Å². The second-order valence-electron chi connectivity index (χ2n) is 3.62. The number of hydrogen-bond donors (Lipinski definition) is 1. The van der Waals surface area contributed by atoms with Crippen molar-refractivity contribution < 1.29 is 26.5 Å². The third kappa shape index (κ3) is 4.11. The SMILES string of the molecule is COc1ccc([N+](=O)[O-])c(S(=O)(=O)CCS(N)(=O)=O)n1. The standard InChI is InChI=1S/C8H11N3O7S2/c1-18-7-3-2-6(11(12)13)8(10-7)19(14,15)4-5-20(9,16)17/h2-3H,4-5H2,1H3,(H2,9,16,17). The zero-order chi connectivity index (χ0) is 15.6. The lowest BCUT2D eigenvalue weighted by atomic mass is 10.4. The van der Waals surface area contributed by atoms with Crippen LogP contribution in [0.5, 0.6) is 5.88 Å². The first-order valence-corrected chi connectivity index (χ1v) is 8.36. The lowest BCUT2D eigenvalue weighted by molar-refractivity contribution is -0.388. The Morgan fingerprint density at radius 2 is 1.90 bits per heavy atom. The normalized spacial score (nSPS) is 12.1. The van der Waals surface area contributed by atoms with Crippen LogP contribution >= 0.6 is 0 Å². The fraction of sp³-hybridized carbons (Fsp3) is 0.375. The van der Waals surface area contributed by atoms with Crippen LogP contribution in [-0.4, -0.2) is 45.4 Å². The highest BCUT2D eigenvalue weighted by Gasteiger charge is 2.29. The first kappa shape index (κ1) is 16.3. The topological polar surface area (TPSA) is 160 Å². The molecule has 1 aromatic heterocycles. The van der Waals surface area contributed by atoms with E-state index in [2.05, 4.69) is 9.72 Å². The van der Waals surface area contributed by atoms with Crippen molar-refractivity contribution in [1.29, 1.82) is 0 Å². The van der Waals surface area contributed by atoms with Gasteiger partial charge in [0.1, 0.15) is 0 Å². The van der Waals surface area contributed by atoms with Crippen LogP contribution in [0.25, 0.3) is 0 Å². The van der Waals surface area contributed by atoms with Crippen LogP contribution in [0.3, 0.4) is 0 Å². The second kappa shape index (κ2) is 5.68. The summed E-state index contributed by atoms with van der Waals surface area (Å²) < 4.78 is 50.1. The number of sulfone groups is 1. The summed E-state index contributed by atoms with van der Waals surface area (Å²) in [6, 6.07) is 2.03. The minimum Gasteiger partial charge on any atom is -0.481 e. The first-order valence-electron chi connectivity index (χ1n) is 4.99. The quantitative estimate of drug-likeness (QED) is 0.518. The molecule has 0 bridgehead atoms. The molecule has 1 heterocycles. The molecule has 0 aliphatic rings. The number of nitrogens with zero attached hydrogens (tertiary/aromatic N) is 2. The highest BCUT2D eigenvalue weighted by atomic mass is 32.2. The van der Waals surface area contributed by atoms with Gasteiger partial charge in [-0.25, -0.2) is 22.0 Å². The Morgan fingerprint density at radius 1 is 1.30 bits per heavy atom. The third-order valence-electron chi connectivity index (χ3n) is 2.15. The number of ether oxygens (including phenoxy) is 1. The Labute approximate surface area is 114 Å². The Bertz CT molecular complexity index is 726. The largest absolute Gasteiger partial charge is 0.481 e. The molecule has 0 aliphatic carbocycles. The van der Waals surface area contributed by atoms with Crippen LogP contribution in [-0.2, 0) is 19.9 Å². The van der Waals surface area contributed by atoms with Gasteiger partial charge in [-0.1, -0.05) is 0 Å². The minimum atomic E-state index is -4.29. The highest BCUT2D eigenvalue weighted by molar-refractivity contribution is 7.94. The zero-order valence-corrected chi connectivity index (χ0v) is 11.8. The van der Waals surface area contributed by atoms with Crippen molar-refractivity contribution in [1.82, 2.24) is 4.98 Å². The molecule has 0 saturated heterocycles. The second-order valence-corrected chi connectivity index (χ2v) is 7.38. The Balaban J connectivity index is 3.31. The summed E-state index contributed by atoms with van der Waals surface area (Å²) in [5.74, 6) is -1.93. The molecule has 12 heteroatoms. The summed E-state index contributed by atoms with van der Waals surface area (Å²) in [5, 5.41) is 14.6. The van der Waals surface area contributed by atoms with E-state index in [-0.39, 0.29) is 5.88 Å². The predicted molar refractivity (Wildman–Crippen MR) is 67.5 cm³/mol. The number of primary sulfonamides is 1. The molecule has 0 spiro atoms. The maximum absolute atomic E-state index is 11.9. The number of methoxy groups -OCH3 is 1. The average molecular weight is 325 g/mol. The molecule has 0 atom stereocenters. The lowest BCUT2D eigenvalue weighted by Gasteiger charge is -2.05. The van der Waals surface area contributed by atoms with Gasteiger partial charge in [-0.3, -0.25) is 10.1 Å². The number of pyridine rings is 1. The van der Waals surface area contributed by atoms with Gasteiger partial charge in [-0.2, -0.15) is 4.98 Å². The molecule has 2 N–H and O–H groups in total. The molecule has 112 valence electrons. The number of aromatic nitrogens is 1. The number of sulfonamides is 1. The smallest absolute Gasteiger partial charge is 0.306 e. The molecule has 0 saturated carbocycles. The molecule has 0 aromatic carbocycles. The zero-order valence-electron chi connectivity index (χ0n) is 10.2. The fourth-order valence-electron chi connectivity index (χ4n) is 1.22. The van der Waals surface area contributed by atoms with E-state index in [9.17, 15) is 26.9 Å². The van der Waals surface area contributed by atoms with E-state index >= 15 is 0 Å². The summed E-state index contributed by atoms with van der Waals surface area (Å²) in [6.45, 7) is 0. The molecular formula is C8H11N3O7S2. The van der Waals surface area contributed by atoms with Gasteiger partial charge < -0.3 is 4.74 Å². The van der Waals surface area contributed by atoms with Crippen molar-refractivity contribution in [3.8, 4) is 5.88 Å². The van der Waals surface area contributed by atoms with Crippen molar-refractivity contribution in [3.05, 3.63) is 22.2 Å². The fourth-order valence-corrected chi connectivity index (χ4v) is 3.91. The molecule has 1 aromatic rings. The van der Waals surface area contributed by atoms with Crippen LogP contribution in [0.1, 0.15) is 0 Å². The van der Waals surface area contributed by atoms with Gasteiger partial charge in [0.25, 0.3) is 0 Å². The molecule has 0 amide bonds. The Kier molecular flexibility index (Phi) is 4.62. The lowest BCUT2D eigenvalue weighted by Crippen LogP contribution is -2.24. The van der Waals surface area contributed by atoms with Crippen LogP contribution in [0, 0.1) is 10.1 Å². The van der Waals surface area contributed by atoms with E-state index in [1.54, 1.807) is 0 Å². The molecule has 20 heavy (non-hydrogen) atoms. The van der Waals surface area contributed by atoms with Crippen molar-refractivity contribution >= 4 is 25.5 Å². The maximum atomic E-state index is 11.9. The van der Waals surface area contributed by atoms with Crippen LogP contribution in [0.15, 0.2) is 17.2 Å². The summed E-state index contributed by atoms with van der Waals surface area (Å²) in [4.78, 5) is 13.3. The maximum Gasteiger partial charge on any atom is 0.306 e. The molecule has 0 aliphatic heterocycles. The van der Waals surface area contributed by atoms with Crippen LogP contribution < -0.4 is 9.88 Å². The van der Waals surface area contributed by atoms with Gasteiger partial charge in [0, 0.05) is 12.1 Å². The van der Waals surface area contributed by atoms with E-state index in [0.29, 0.717) is 0 Å². The van der Waals surface area contributed by atoms with E-state index < -0.39 is 47.0 Å². The van der Waals surface area contributed by atoms with Gasteiger partial charge in [0.05, 0.1) is 23.5 Å². The summed E-state index contributed by atoms with van der Waals surface area (Å²) in [5.41, 5.74) is -0.764. The average Bonchev–Trinajstić information content (AvgIpc) is 2.35. The van der Waals surface area contributed by atoms with Gasteiger partial charge in [0.2, 0.25) is 30.8 Å². The van der Waals surface area contributed by atoms with Gasteiger partial charge in [0.15, 0.2) is 0 Å². The van der Waals surface area contributed by atoms with E-state index in [0.717, 1.165) is 12.1 Å². The number of rotatable bonds is 6. The minimum absolute atomic E-state index is 0.148. The molecule has 0 unspecified atom stereocenters. The first-order chi connectivity index (χ1) is 9.07. The molecule has 1 rings (SSSR count). The Hall–Kier alpha value is -1.79. The summed E-state index contributed by atoms with van der Waals surface area (Å²) in [7, 11) is -7.11. The van der Waals surface area contributed by atoms with Gasteiger partial charge in [-0.15, -0.1) is 0 Å². The Morgan fingerprint density at radius 3 is 2.35 bits per heavy atom. The number of nitro groups is 1. The van der Waals surface area contributed by atoms with E-state index in [1.807, 2.05) is 0 Å². The van der Waals surface area contributed by atoms with Gasteiger partial charge in [-0.05, 0) is 0 Å². The molecule has 0 fully saturated rings. The van der Waals surface area contributed by atoms with E-state index in [4.69, 9.17) is 5.14 Å². The molecule has 10 nitrogen and oxygen atoms in total. The summed E-state index contributed by atoms with van der Waals surface area (Å²) >= 11 is 0. The summed E-state index contributed by atoms with van der Waals surface area (Å²) in [6.07, 6.45) is 0.